The summed E-state index contributed by atoms with van der Waals surface area (Å²) >= 11 is 6.14. The van der Waals surface area contributed by atoms with Crippen LogP contribution in [0.25, 0.3) is 0 Å². The van der Waals surface area contributed by atoms with E-state index in [9.17, 15) is 0 Å². The van der Waals surface area contributed by atoms with E-state index in [0.29, 0.717) is 29.7 Å². The van der Waals surface area contributed by atoms with Gasteiger partial charge in [0, 0.05) is 12.0 Å². The van der Waals surface area contributed by atoms with Crippen LogP contribution in [0, 0.1) is 0 Å². The molecule has 0 saturated carbocycles. The molecule has 0 aromatic heterocycles. The zero-order valence-corrected chi connectivity index (χ0v) is 8.92. The summed E-state index contributed by atoms with van der Waals surface area (Å²) in [5, 5.41) is 0.514. The molecule has 1 aromatic carbocycles. The second kappa shape index (κ2) is 4.70. The summed E-state index contributed by atoms with van der Waals surface area (Å²) in [5.41, 5.74) is 0.795. The van der Waals surface area contributed by atoms with Crippen molar-refractivity contribution in [2.24, 2.45) is 5.90 Å². The lowest BCUT2D eigenvalue weighted by molar-refractivity contribution is 0.124. The van der Waals surface area contributed by atoms with Crippen LogP contribution in [-0.4, -0.2) is 13.2 Å². The van der Waals surface area contributed by atoms with Crippen LogP contribution in [0.15, 0.2) is 12.1 Å². The summed E-state index contributed by atoms with van der Waals surface area (Å²) in [5.74, 6) is 6.27. The van der Waals surface area contributed by atoms with Gasteiger partial charge in [0.25, 0.3) is 0 Å². The van der Waals surface area contributed by atoms with Gasteiger partial charge < -0.3 is 9.47 Å². The van der Waals surface area contributed by atoms with Gasteiger partial charge in [-0.1, -0.05) is 17.7 Å². The number of hydrogen-bond donors (Lipinski definition) is 1. The molecule has 0 amide bonds. The molecule has 1 aliphatic heterocycles. The van der Waals surface area contributed by atoms with Crippen molar-refractivity contribution in [3.63, 3.8) is 0 Å². The van der Waals surface area contributed by atoms with E-state index in [1.165, 1.54) is 0 Å². The molecule has 0 radical (unpaired) electrons. The van der Waals surface area contributed by atoms with E-state index in [4.69, 9.17) is 27.0 Å². The highest BCUT2D eigenvalue weighted by atomic mass is 35.5. The van der Waals surface area contributed by atoms with Crippen molar-refractivity contribution in [2.45, 2.75) is 13.0 Å². The quantitative estimate of drug-likeness (QED) is 0.787. The lowest BCUT2D eigenvalue weighted by Gasteiger charge is -2.11. The van der Waals surface area contributed by atoms with E-state index >= 15 is 0 Å². The molecule has 0 spiro atoms. The van der Waals surface area contributed by atoms with Crippen LogP contribution in [0.4, 0.5) is 0 Å². The minimum atomic E-state index is 0.259. The first-order valence-corrected chi connectivity index (χ1v) is 5.09. The predicted molar refractivity (Wildman–Crippen MR) is 56.0 cm³/mol. The average molecular weight is 230 g/mol. The van der Waals surface area contributed by atoms with Gasteiger partial charge in [0.15, 0.2) is 11.5 Å². The van der Waals surface area contributed by atoms with Crippen molar-refractivity contribution in [2.75, 3.05) is 13.2 Å². The number of benzene rings is 1. The highest BCUT2D eigenvalue weighted by Crippen LogP contribution is 2.39. The minimum absolute atomic E-state index is 0.259. The highest BCUT2D eigenvalue weighted by molar-refractivity contribution is 6.33. The third-order valence-electron chi connectivity index (χ3n) is 2.17. The molecule has 1 aromatic rings. The molecule has 0 aliphatic carbocycles. The van der Waals surface area contributed by atoms with Crippen LogP contribution < -0.4 is 15.4 Å². The second-order valence-electron chi connectivity index (χ2n) is 3.23. The number of ether oxygens (including phenoxy) is 2. The van der Waals surface area contributed by atoms with Gasteiger partial charge in [-0.15, -0.1) is 0 Å². The Hall–Kier alpha value is -0.970. The van der Waals surface area contributed by atoms with Gasteiger partial charge in [-0.3, -0.25) is 4.84 Å². The smallest absolute Gasteiger partial charge is 0.180 e. The maximum Gasteiger partial charge on any atom is 0.180 e. The molecule has 82 valence electrons. The summed E-state index contributed by atoms with van der Waals surface area (Å²) in [7, 11) is 0. The third-order valence-corrected chi connectivity index (χ3v) is 2.59. The highest BCUT2D eigenvalue weighted by Gasteiger charge is 2.16. The molecule has 1 aliphatic rings. The SMILES string of the molecule is NOCc1ccc2c(c1Cl)OCCCO2. The lowest BCUT2D eigenvalue weighted by Crippen LogP contribution is -2.01. The summed E-state index contributed by atoms with van der Waals surface area (Å²) in [6, 6.07) is 3.64. The fourth-order valence-electron chi connectivity index (χ4n) is 1.44. The number of rotatable bonds is 2. The maximum absolute atomic E-state index is 6.14. The first kappa shape index (κ1) is 10.5. The minimum Gasteiger partial charge on any atom is -0.490 e. The molecule has 2 N–H and O–H groups in total. The summed E-state index contributed by atoms with van der Waals surface area (Å²) < 4.78 is 11.0. The van der Waals surface area contributed by atoms with Crippen LogP contribution in [0.1, 0.15) is 12.0 Å². The van der Waals surface area contributed by atoms with E-state index in [1.54, 1.807) is 0 Å². The number of hydrogen-bond acceptors (Lipinski definition) is 4. The van der Waals surface area contributed by atoms with E-state index in [1.807, 2.05) is 12.1 Å². The van der Waals surface area contributed by atoms with E-state index in [-0.39, 0.29) is 6.61 Å². The van der Waals surface area contributed by atoms with Crippen LogP contribution >= 0.6 is 11.6 Å². The van der Waals surface area contributed by atoms with E-state index in [2.05, 4.69) is 4.84 Å². The van der Waals surface area contributed by atoms with E-state index < -0.39 is 0 Å². The van der Waals surface area contributed by atoms with Gasteiger partial charge >= 0.3 is 0 Å². The monoisotopic (exact) mass is 229 g/mol. The maximum atomic E-state index is 6.14. The topological polar surface area (TPSA) is 53.7 Å². The predicted octanol–water partition coefficient (Wildman–Crippen LogP) is 1.89. The Bertz CT molecular complexity index is 357. The Morgan fingerprint density at radius 1 is 1.33 bits per heavy atom. The molecule has 15 heavy (non-hydrogen) atoms. The third kappa shape index (κ3) is 2.17. The summed E-state index contributed by atoms with van der Waals surface area (Å²) in [6.45, 7) is 1.52. The van der Waals surface area contributed by atoms with Gasteiger partial charge in [-0.25, -0.2) is 5.90 Å². The molecule has 2 rings (SSSR count). The molecule has 0 unspecified atom stereocenters. The molecule has 0 saturated heterocycles. The zero-order valence-electron chi connectivity index (χ0n) is 8.16. The van der Waals surface area contributed by atoms with Crippen molar-refractivity contribution < 1.29 is 14.3 Å². The number of halogens is 1. The van der Waals surface area contributed by atoms with Crippen LogP contribution in [-0.2, 0) is 11.4 Å². The molecular weight excluding hydrogens is 218 g/mol. The summed E-state index contributed by atoms with van der Waals surface area (Å²) in [6.07, 6.45) is 0.855. The molecule has 0 atom stereocenters. The summed E-state index contributed by atoms with van der Waals surface area (Å²) in [4.78, 5) is 4.55. The molecular formula is C10H12ClNO3. The Kier molecular flexibility index (Phi) is 3.30. The largest absolute Gasteiger partial charge is 0.490 e. The van der Waals surface area contributed by atoms with Crippen LogP contribution in [0.2, 0.25) is 5.02 Å². The van der Waals surface area contributed by atoms with Crippen molar-refractivity contribution in [3.8, 4) is 11.5 Å². The first-order chi connectivity index (χ1) is 7.33. The van der Waals surface area contributed by atoms with Crippen molar-refractivity contribution in [3.05, 3.63) is 22.7 Å². The van der Waals surface area contributed by atoms with Gasteiger partial charge in [-0.05, 0) is 6.07 Å². The first-order valence-electron chi connectivity index (χ1n) is 4.71. The lowest BCUT2D eigenvalue weighted by atomic mass is 10.2. The van der Waals surface area contributed by atoms with Gasteiger partial charge in [0.1, 0.15) is 0 Å². The van der Waals surface area contributed by atoms with Crippen molar-refractivity contribution in [1.29, 1.82) is 0 Å². The van der Waals surface area contributed by atoms with Crippen molar-refractivity contribution >= 4 is 11.6 Å². The van der Waals surface area contributed by atoms with Crippen LogP contribution in [0.5, 0.6) is 11.5 Å². The van der Waals surface area contributed by atoms with Gasteiger partial charge in [0.05, 0.1) is 24.8 Å². The van der Waals surface area contributed by atoms with Gasteiger partial charge in [0.2, 0.25) is 0 Å². The Labute approximate surface area is 92.8 Å². The van der Waals surface area contributed by atoms with Crippen LogP contribution in [0.3, 0.4) is 0 Å². The molecule has 4 nitrogen and oxygen atoms in total. The zero-order chi connectivity index (χ0) is 10.7. The fraction of sp³-hybridized carbons (Fsp3) is 0.400. The Morgan fingerprint density at radius 2 is 2.13 bits per heavy atom. The normalized spacial score (nSPS) is 14.8. The number of fused-ring (bicyclic) bond motifs is 1. The van der Waals surface area contributed by atoms with E-state index in [0.717, 1.165) is 12.0 Å². The van der Waals surface area contributed by atoms with Crippen molar-refractivity contribution in [1.82, 2.24) is 0 Å². The fourth-order valence-corrected chi connectivity index (χ4v) is 1.71. The standard InChI is InChI=1S/C10H12ClNO3/c11-9-7(6-15-12)2-3-8-10(9)14-5-1-4-13-8/h2-3H,1,4-6,12H2. The molecule has 0 bridgehead atoms. The average Bonchev–Trinajstić information content (AvgIpc) is 2.48. The Balaban J connectivity index is 2.36. The Morgan fingerprint density at radius 3 is 2.93 bits per heavy atom. The van der Waals surface area contributed by atoms with Gasteiger partial charge in [-0.2, -0.15) is 0 Å². The number of nitrogens with two attached hydrogens (primary N) is 1. The molecule has 1 heterocycles. The molecule has 5 heteroatoms. The molecule has 0 fully saturated rings. The second-order valence-corrected chi connectivity index (χ2v) is 3.61.